The van der Waals surface area contributed by atoms with Gasteiger partial charge in [0.05, 0.1) is 31.6 Å². The summed E-state index contributed by atoms with van der Waals surface area (Å²) >= 11 is 0. The number of amides is 1. The van der Waals surface area contributed by atoms with Gasteiger partial charge in [-0.1, -0.05) is 17.3 Å². The number of aryl methyl sites for hydroxylation is 3. The molecule has 1 aliphatic heterocycles. The van der Waals surface area contributed by atoms with Crippen LogP contribution in [-0.4, -0.2) is 87.7 Å². The van der Waals surface area contributed by atoms with Crippen molar-refractivity contribution >= 4 is 15.9 Å². The first kappa shape index (κ1) is 26.3. The molecule has 0 spiro atoms. The number of aliphatic hydroxyl groups is 1. The van der Waals surface area contributed by atoms with Gasteiger partial charge in [0.15, 0.2) is 5.76 Å². The van der Waals surface area contributed by atoms with Gasteiger partial charge in [-0.2, -0.15) is 4.31 Å². The molecule has 1 aliphatic rings. The summed E-state index contributed by atoms with van der Waals surface area (Å²) in [6.07, 6.45) is 2.10. The Morgan fingerprint density at radius 3 is 2.74 bits per heavy atom. The van der Waals surface area contributed by atoms with Crippen molar-refractivity contribution in [3.63, 3.8) is 0 Å². The van der Waals surface area contributed by atoms with Gasteiger partial charge >= 0.3 is 0 Å². The lowest BCUT2D eigenvalue weighted by atomic mass is 10.0. The summed E-state index contributed by atoms with van der Waals surface area (Å²) in [6, 6.07) is -0.373. The highest BCUT2D eigenvalue weighted by Crippen LogP contribution is 2.24. The predicted octanol–water partition coefficient (Wildman–Crippen LogP) is 0.728. The molecule has 0 unspecified atom stereocenters. The standard InChI is InChI=1S/C21H34N6O6S/c1-14-9-27(15(2)12-28)20(29)7-6-8-26-10-18(22-24-26)13-32-19(14)11-25(5)34(30,31)21-16(3)23-33-17(21)4/h10,14-15,19,28H,6-9,11-13H2,1-5H3/t14-,15+,19+/m1/s1. The maximum Gasteiger partial charge on any atom is 0.248 e. The normalized spacial score (nSPS) is 21.7. The molecule has 1 amide bonds. The van der Waals surface area contributed by atoms with Crippen LogP contribution in [0.2, 0.25) is 0 Å². The Balaban J connectivity index is 1.88. The Morgan fingerprint density at radius 2 is 2.09 bits per heavy atom. The maximum atomic E-state index is 13.3. The molecular formula is C21H34N6O6S. The van der Waals surface area contributed by atoms with E-state index in [0.717, 1.165) is 0 Å². The largest absolute Gasteiger partial charge is 0.394 e. The number of carbonyl (C=O) groups is 1. The molecule has 0 saturated carbocycles. The molecule has 0 aromatic carbocycles. The third-order valence-corrected chi connectivity index (χ3v) is 8.19. The van der Waals surface area contributed by atoms with Crippen LogP contribution in [0.3, 0.4) is 0 Å². The highest BCUT2D eigenvalue weighted by molar-refractivity contribution is 7.89. The predicted molar refractivity (Wildman–Crippen MR) is 121 cm³/mol. The van der Waals surface area contributed by atoms with Crippen LogP contribution in [0, 0.1) is 19.8 Å². The molecule has 3 heterocycles. The molecule has 0 fully saturated rings. The number of likely N-dealkylation sites (N-methyl/N-ethyl adjacent to an activating group) is 1. The minimum absolute atomic E-state index is 0.0389. The molecule has 3 rings (SSSR count). The van der Waals surface area contributed by atoms with E-state index in [1.807, 2.05) is 6.92 Å². The highest BCUT2D eigenvalue weighted by atomic mass is 32.2. The molecule has 34 heavy (non-hydrogen) atoms. The van der Waals surface area contributed by atoms with Crippen molar-refractivity contribution in [1.29, 1.82) is 0 Å². The summed E-state index contributed by atoms with van der Waals surface area (Å²) in [5.41, 5.74) is 0.915. The fourth-order valence-electron chi connectivity index (χ4n) is 4.04. The van der Waals surface area contributed by atoms with Gasteiger partial charge in [0, 0.05) is 39.0 Å². The summed E-state index contributed by atoms with van der Waals surface area (Å²) in [7, 11) is -2.40. The molecule has 12 nitrogen and oxygen atoms in total. The van der Waals surface area contributed by atoms with Crippen LogP contribution in [-0.2, 0) is 32.7 Å². The third kappa shape index (κ3) is 5.82. The fourth-order valence-corrected chi connectivity index (χ4v) is 5.51. The lowest BCUT2D eigenvalue weighted by molar-refractivity contribution is -0.136. The Labute approximate surface area is 199 Å². The second-order valence-corrected chi connectivity index (χ2v) is 10.9. The smallest absolute Gasteiger partial charge is 0.248 e. The quantitative estimate of drug-likeness (QED) is 0.609. The van der Waals surface area contributed by atoms with E-state index in [1.54, 1.807) is 36.5 Å². The molecule has 2 aromatic rings. The van der Waals surface area contributed by atoms with E-state index in [2.05, 4.69) is 15.5 Å². The molecule has 0 saturated heterocycles. The van der Waals surface area contributed by atoms with E-state index in [9.17, 15) is 18.3 Å². The van der Waals surface area contributed by atoms with Crippen molar-refractivity contribution in [1.82, 2.24) is 29.4 Å². The van der Waals surface area contributed by atoms with E-state index in [4.69, 9.17) is 9.26 Å². The van der Waals surface area contributed by atoms with Crippen LogP contribution >= 0.6 is 0 Å². The van der Waals surface area contributed by atoms with Crippen LogP contribution in [0.5, 0.6) is 0 Å². The lowest BCUT2D eigenvalue weighted by Gasteiger charge is -2.35. The molecule has 0 radical (unpaired) electrons. The number of aromatic nitrogens is 4. The summed E-state index contributed by atoms with van der Waals surface area (Å²) in [5, 5.41) is 21.7. The summed E-state index contributed by atoms with van der Waals surface area (Å²) in [5.74, 6) is -0.0992. The van der Waals surface area contributed by atoms with E-state index in [1.165, 1.54) is 11.4 Å². The third-order valence-electron chi connectivity index (χ3n) is 6.12. The van der Waals surface area contributed by atoms with Crippen LogP contribution in [0.4, 0.5) is 0 Å². The number of hydrogen-bond acceptors (Lipinski definition) is 9. The first-order chi connectivity index (χ1) is 16.0. The Bertz CT molecular complexity index is 1060. The van der Waals surface area contributed by atoms with E-state index >= 15 is 0 Å². The van der Waals surface area contributed by atoms with Crippen molar-refractivity contribution in [2.45, 2.75) is 70.7 Å². The number of sulfonamides is 1. The number of ether oxygens (including phenoxy) is 1. The lowest BCUT2D eigenvalue weighted by Crippen LogP contribution is -2.47. The van der Waals surface area contributed by atoms with Crippen LogP contribution < -0.4 is 0 Å². The minimum atomic E-state index is -3.88. The maximum absolute atomic E-state index is 13.3. The van der Waals surface area contributed by atoms with Crippen molar-refractivity contribution in [3.8, 4) is 0 Å². The van der Waals surface area contributed by atoms with Gasteiger partial charge in [0.25, 0.3) is 0 Å². The van der Waals surface area contributed by atoms with Gasteiger partial charge in [-0.15, -0.1) is 5.10 Å². The molecule has 190 valence electrons. The second-order valence-electron chi connectivity index (χ2n) is 8.92. The van der Waals surface area contributed by atoms with Crippen molar-refractivity contribution in [3.05, 3.63) is 23.3 Å². The van der Waals surface area contributed by atoms with Crippen LogP contribution in [0.15, 0.2) is 15.6 Å². The first-order valence-electron chi connectivity index (χ1n) is 11.3. The topological polar surface area (TPSA) is 144 Å². The Kier molecular flexibility index (Phi) is 8.44. The molecule has 2 bridgehead atoms. The zero-order chi connectivity index (χ0) is 25.0. The Hall–Kier alpha value is -2.35. The monoisotopic (exact) mass is 498 g/mol. The molecule has 2 aromatic heterocycles. The zero-order valence-electron chi connectivity index (χ0n) is 20.3. The first-order valence-corrected chi connectivity index (χ1v) is 12.8. The summed E-state index contributed by atoms with van der Waals surface area (Å²) in [6.45, 7) is 7.70. The van der Waals surface area contributed by atoms with E-state index in [0.29, 0.717) is 37.3 Å². The van der Waals surface area contributed by atoms with Gasteiger partial charge in [0.2, 0.25) is 15.9 Å². The van der Waals surface area contributed by atoms with Gasteiger partial charge in [-0.3, -0.25) is 9.48 Å². The van der Waals surface area contributed by atoms with Crippen LogP contribution in [0.1, 0.15) is 43.8 Å². The number of aliphatic hydroxyl groups excluding tert-OH is 1. The highest BCUT2D eigenvalue weighted by Gasteiger charge is 2.33. The number of nitrogens with zero attached hydrogens (tertiary/aromatic N) is 6. The minimum Gasteiger partial charge on any atom is -0.394 e. The number of carbonyl (C=O) groups excluding carboxylic acids is 1. The van der Waals surface area contributed by atoms with Gasteiger partial charge in [-0.25, -0.2) is 8.42 Å². The average molecular weight is 499 g/mol. The Morgan fingerprint density at radius 1 is 1.35 bits per heavy atom. The van der Waals surface area contributed by atoms with Gasteiger partial charge in [0.1, 0.15) is 16.3 Å². The SMILES string of the molecule is Cc1noc(C)c1S(=O)(=O)N(C)C[C@@H]1OCc2cn(nn2)CCCC(=O)N([C@@H](C)CO)C[C@H]1C. The number of fused-ring (bicyclic) bond motifs is 2. The summed E-state index contributed by atoms with van der Waals surface area (Å²) in [4.78, 5) is 14.6. The average Bonchev–Trinajstić information content (AvgIpc) is 3.39. The van der Waals surface area contributed by atoms with Gasteiger partial charge < -0.3 is 19.3 Å². The molecule has 0 aliphatic carbocycles. The summed E-state index contributed by atoms with van der Waals surface area (Å²) < 4.78 is 40.6. The fraction of sp³-hybridized carbons (Fsp3) is 0.714. The van der Waals surface area contributed by atoms with Gasteiger partial charge in [-0.05, 0) is 27.2 Å². The van der Waals surface area contributed by atoms with Crippen molar-refractivity contribution < 1.29 is 27.6 Å². The zero-order valence-corrected chi connectivity index (χ0v) is 21.2. The number of hydrogen-bond donors (Lipinski definition) is 1. The van der Waals surface area contributed by atoms with E-state index in [-0.39, 0.29) is 48.3 Å². The molecule has 3 atom stereocenters. The molecule has 1 N–H and O–H groups in total. The molecular weight excluding hydrogens is 464 g/mol. The van der Waals surface area contributed by atoms with Crippen molar-refractivity contribution in [2.24, 2.45) is 5.92 Å². The number of rotatable bonds is 6. The molecule has 13 heteroatoms. The van der Waals surface area contributed by atoms with E-state index < -0.39 is 16.1 Å². The van der Waals surface area contributed by atoms with Crippen LogP contribution in [0.25, 0.3) is 0 Å². The van der Waals surface area contributed by atoms with Crippen molar-refractivity contribution in [2.75, 3.05) is 26.7 Å². The second kappa shape index (κ2) is 10.9.